The molecule has 6 heteroatoms. The Kier molecular flexibility index (Phi) is 3.11. The lowest BCUT2D eigenvalue weighted by Gasteiger charge is -2.09. The third kappa shape index (κ3) is 2.01. The van der Waals surface area contributed by atoms with E-state index in [1.54, 1.807) is 18.9 Å². The number of hydrogen-bond acceptors (Lipinski definition) is 5. The smallest absolute Gasteiger partial charge is 0.143 e. The second-order valence-corrected chi connectivity index (χ2v) is 3.18. The Hall–Kier alpha value is -1.95. The van der Waals surface area contributed by atoms with E-state index in [2.05, 4.69) is 15.5 Å². The van der Waals surface area contributed by atoms with Gasteiger partial charge in [-0.25, -0.2) is 4.68 Å². The molecule has 16 heavy (non-hydrogen) atoms. The maximum atomic E-state index is 5.27. The molecule has 0 unspecified atom stereocenters. The van der Waals surface area contributed by atoms with Crippen molar-refractivity contribution in [2.24, 2.45) is 0 Å². The molecule has 0 N–H and O–H groups in total. The molecule has 0 amide bonds. The van der Waals surface area contributed by atoms with E-state index in [4.69, 9.17) is 9.47 Å². The molecule has 0 aliphatic rings. The van der Waals surface area contributed by atoms with Gasteiger partial charge in [0.1, 0.15) is 12.1 Å². The molecule has 84 valence electrons. The van der Waals surface area contributed by atoms with Crippen molar-refractivity contribution >= 4 is 0 Å². The average Bonchev–Trinajstić information content (AvgIpc) is 2.83. The fourth-order valence-electron chi connectivity index (χ4n) is 1.43. The second kappa shape index (κ2) is 4.71. The highest BCUT2D eigenvalue weighted by Crippen LogP contribution is 2.22. The standard InChI is InChI=1S/C10H12N4O2/c1-15-6-8-3-4-9(5-10(8)16-2)14-7-11-12-13-14/h3-5,7H,6H2,1-2H3. The van der Waals surface area contributed by atoms with Crippen molar-refractivity contribution in [2.45, 2.75) is 6.61 Å². The van der Waals surface area contributed by atoms with Crippen molar-refractivity contribution in [1.29, 1.82) is 0 Å². The summed E-state index contributed by atoms with van der Waals surface area (Å²) in [5.41, 5.74) is 1.84. The highest BCUT2D eigenvalue weighted by atomic mass is 16.5. The van der Waals surface area contributed by atoms with Gasteiger partial charge in [0.05, 0.1) is 19.4 Å². The monoisotopic (exact) mass is 220 g/mol. The van der Waals surface area contributed by atoms with Crippen molar-refractivity contribution in [3.05, 3.63) is 30.1 Å². The van der Waals surface area contributed by atoms with Crippen LogP contribution < -0.4 is 4.74 Å². The zero-order chi connectivity index (χ0) is 11.4. The van der Waals surface area contributed by atoms with E-state index in [1.807, 2.05) is 18.2 Å². The molecule has 6 nitrogen and oxygen atoms in total. The summed E-state index contributed by atoms with van der Waals surface area (Å²) in [5.74, 6) is 0.759. The Morgan fingerprint density at radius 2 is 2.19 bits per heavy atom. The summed E-state index contributed by atoms with van der Waals surface area (Å²) in [7, 11) is 3.27. The number of aromatic nitrogens is 4. The number of ether oxygens (including phenoxy) is 2. The second-order valence-electron chi connectivity index (χ2n) is 3.18. The first-order chi connectivity index (χ1) is 7.85. The molecule has 0 spiro atoms. The van der Waals surface area contributed by atoms with Crippen LogP contribution in [0.5, 0.6) is 5.75 Å². The number of hydrogen-bond donors (Lipinski definition) is 0. The largest absolute Gasteiger partial charge is 0.496 e. The lowest BCUT2D eigenvalue weighted by Crippen LogP contribution is -1.99. The van der Waals surface area contributed by atoms with Gasteiger partial charge >= 0.3 is 0 Å². The Balaban J connectivity index is 2.36. The van der Waals surface area contributed by atoms with E-state index in [0.717, 1.165) is 17.0 Å². The van der Waals surface area contributed by atoms with Crippen LogP contribution >= 0.6 is 0 Å². The van der Waals surface area contributed by atoms with Crippen LogP contribution in [0.2, 0.25) is 0 Å². The van der Waals surface area contributed by atoms with Gasteiger partial charge in [0, 0.05) is 18.7 Å². The normalized spacial score (nSPS) is 10.4. The van der Waals surface area contributed by atoms with E-state index in [-0.39, 0.29) is 0 Å². The molecule has 0 aliphatic carbocycles. The SMILES string of the molecule is COCc1ccc(-n2cnnn2)cc1OC. The first-order valence-electron chi connectivity index (χ1n) is 4.74. The topological polar surface area (TPSA) is 62.1 Å². The minimum atomic E-state index is 0.513. The van der Waals surface area contributed by atoms with Crippen LogP contribution in [0.1, 0.15) is 5.56 Å². The molecule has 1 aromatic carbocycles. The molecule has 0 atom stereocenters. The lowest BCUT2D eigenvalue weighted by molar-refractivity contribution is 0.181. The quantitative estimate of drug-likeness (QED) is 0.763. The van der Waals surface area contributed by atoms with Crippen LogP contribution in [-0.2, 0) is 11.3 Å². The zero-order valence-electron chi connectivity index (χ0n) is 9.12. The predicted molar refractivity (Wildman–Crippen MR) is 56.4 cm³/mol. The molecule has 2 rings (SSSR count). The van der Waals surface area contributed by atoms with Crippen LogP contribution in [0.15, 0.2) is 24.5 Å². The lowest BCUT2D eigenvalue weighted by atomic mass is 10.2. The molecule has 0 fully saturated rings. The molecule has 0 aliphatic heterocycles. The average molecular weight is 220 g/mol. The third-order valence-electron chi connectivity index (χ3n) is 2.18. The summed E-state index contributed by atoms with van der Waals surface area (Å²) in [6, 6.07) is 5.71. The molecule has 0 radical (unpaired) electrons. The first kappa shape index (κ1) is 10.6. The van der Waals surface area contributed by atoms with E-state index in [9.17, 15) is 0 Å². The molecular weight excluding hydrogens is 208 g/mol. The molecule has 1 heterocycles. The van der Waals surface area contributed by atoms with E-state index in [1.165, 1.54) is 6.33 Å². The molecule has 2 aromatic rings. The van der Waals surface area contributed by atoms with Gasteiger partial charge in [-0.05, 0) is 16.5 Å². The Morgan fingerprint density at radius 3 is 2.81 bits per heavy atom. The van der Waals surface area contributed by atoms with Crippen LogP contribution in [-0.4, -0.2) is 34.4 Å². The highest BCUT2D eigenvalue weighted by molar-refractivity contribution is 5.43. The van der Waals surface area contributed by atoms with Crippen LogP contribution in [0.3, 0.4) is 0 Å². The van der Waals surface area contributed by atoms with Crippen LogP contribution in [0.4, 0.5) is 0 Å². The third-order valence-corrected chi connectivity index (χ3v) is 2.18. The van der Waals surface area contributed by atoms with Gasteiger partial charge in [0.2, 0.25) is 0 Å². The summed E-state index contributed by atoms with van der Waals surface area (Å²) < 4.78 is 11.9. The fourth-order valence-corrected chi connectivity index (χ4v) is 1.43. The van der Waals surface area contributed by atoms with Crippen molar-refractivity contribution in [1.82, 2.24) is 20.2 Å². The van der Waals surface area contributed by atoms with E-state index in [0.29, 0.717) is 6.61 Å². The Bertz CT molecular complexity index is 456. The number of methoxy groups -OCH3 is 2. The summed E-state index contributed by atoms with van der Waals surface area (Å²) in [6.45, 7) is 0.513. The minimum Gasteiger partial charge on any atom is -0.496 e. The van der Waals surface area contributed by atoms with Crippen molar-refractivity contribution in [3.8, 4) is 11.4 Å². The highest BCUT2D eigenvalue weighted by Gasteiger charge is 2.06. The Morgan fingerprint density at radius 1 is 1.31 bits per heavy atom. The van der Waals surface area contributed by atoms with Crippen molar-refractivity contribution < 1.29 is 9.47 Å². The van der Waals surface area contributed by atoms with Crippen LogP contribution in [0, 0.1) is 0 Å². The summed E-state index contributed by atoms with van der Waals surface area (Å²) in [4.78, 5) is 0. The van der Waals surface area contributed by atoms with Gasteiger partial charge < -0.3 is 9.47 Å². The summed E-state index contributed by atoms with van der Waals surface area (Å²) in [5, 5.41) is 11.0. The maximum Gasteiger partial charge on any atom is 0.143 e. The molecule has 0 saturated heterocycles. The number of rotatable bonds is 4. The van der Waals surface area contributed by atoms with E-state index >= 15 is 0 Å². The van der Waals surface area contributed by atoms with Gasteiger partial charge in [-0.2, -0.15) is 0 Å². The van der Waals surface area contributed by atoms with Crippen molar-refractivity contribution in [2.75, 3.05) is 14.2 Å². The van der Waals surface area contributed by atoms with Gasteiger partial charge in [-0.15, -0.1) is 5.10 Å². The molecular formula is C10H12N4O2. The van der Waals surface area contributed by atoms with Crippen LogP contribution in [0.25, 0.3) is 5.69 Å². The maximum absolute atomic E-state index is 5.27. The number of benzene rings is 1. The van der Waals surface area contributed by atoms with Gasteiger partial charge in [0.25, 0.3) is 0 Å². The van der Waals surface area contributed by atoms with Gasteiger partial charge in [-0.1, -0.05) is 6.07 Å². The number of tetrazole rings is 1. The van der Waals surface area contributed by atoms with Crippen molar-refractivity contribution in [3.63, 3.8) is 0 Å². The number of nitrogens with zero attached hydrogens (tertiary/aromatic N) is 4. The summed E-state index contributed by atoms with van der Waals surface area (Å²) >= 11 is 0. The van der Waals surface area contributed by atoms with E-state index < -0.39 is 0 Å². The van der Waals surface area contributed by atoms with Gasteiger partial charge in [0.15, 0.2) is 0 Å². The molecule has 0 saturated carbocycles. The summed E-state index contributed by atoms with van der Waals surface area (Å²) in [6.07, 6.45) is 1.53. The molecule has 0 bridgehead atoms. The minimum absolute atomic E-state index is 0.513. The van der Waals surface area contributed by atoms with Gasteiger partial charge in [-0.3, -0.25) is 0 Å². The first-order valence-corrected chi connectivity index (χ1v) is 4.74. The zero-order valence-corrected chi connectivity index (χ0v) is 9.12. The Labute approximate surface area is 92.8 Å². The fraction of sp³-hybridized carbons (Fsp3) is 0.300. The molecule has 1 aromatic heterocycles. The predicted octanol–water partition coefficient (Wildman–Crippen LogP) is 0.817.